The second kappa shape index (κ2) is 9.03. The molecular weight excluding hydrogens is 376 g/mol. The summed E-state index contributed by atoms with van der Waals surface area (Å²) in [4.78, 5) is 9.26. The average molecular weight is 405 g/mol. The van der Waals surface area contributed by atoms with Crippen molar-refractivity contribution >= 4 is 5.96 Å². The molecule has 1 aliphatic rings. The van der Waals surface area contributed by atoms with E-state index >= 15 is 0 Å². The van der Waals surface area contributed by atoms with Gasteiger partial charge in [0.05, 0.1) is 13.7 Å². The molecule has 30 heavy (non-hydrogen) atoms. The van der Waals surface area contributed by atoms with Crippen LogP contribution in [0.1, 0.15) is 31.0 Å². The molecule has 6 nitrogen and oxygen atoms in total. The number of hydrogen-bond donors (Lipinski definition) is 2. The summed E-state index contributed by atoms with van der Waals surface area (Å²) in [7, 11) is 1.73. The van der Waals surface area contributed by atoms with Crippen LogP contribution in [0.4, 0.5) is 0 Å². The number of benzene rings is 2. The SMILES string of the molecule is CCNC(=NCc1coc(-c2ccccc2)n1)NCC1(c2ccccc2OC)CC1. The number of nitrogens with zero attached hydrogens (tertiary/aromatic N) is 2. The molecule has 0 radical (unpaired) electrons. The fourth-order valence-corrected chi connectivity index (χ4v) is 3.62. The fourth-order valence-electron chi connectivity index (χ4n) is 3.62. The Bertz CT molecular complexity index is 993. The smallest absolute Gasteiger partial charge is 0.226 e. The maximum Gasteiger partial charge on any atom is 0.226 e. The Morgan fingerprint density at radius 2 is 1.87 bits per heavy atom. The Labute approximate surface area is 177 Å². The lowest BCUT2D eigenvalue weighted by molar-refractivity contribution is 0.403. The third-order valence-electron chi connectivity index (χ3n) is 5.44. The summed E-state index contributed by atoms with van der Waals surface area (Å²) in [6, 6.07) is 18.2. The van der Waals surface area contributed by atoms with Crippen LogP contribution in [0.25, 0.3) is 11.5 Å². The summed E-state index contributed by atoms with van der Waals surface area (Å²) in [6.45, 7) is 4.12. The maximum atomic E-state index is 5.62. The molecule has 1 aromatic heterocycles. The van der Waals surface area contributed by atoms with Crippen molar-refractivity contribution in [3.8, 4) is 17.2 Å². The van der Waals surface area contributed by atoms with Gasteiger partial charge in [-0.3, -0.25) is 0 Å². The van der Waals surface area contributed by atoms with Crippen LogP contribution in [0.5, 0.6) is 5.75 Å². The number of methoxy groups -OCH3 is 1. The second-order valence-electron chi connectivity index (χ2n) is 7.54. The summed E-state index contributed by atoms with van der Waals surface area (Å²) in [6.07, 6.45) is 3.96. The molecule has 0 amide bonds. The lowest BCUT2D eigenvalue weighted by Gasteiger charge is -2.21. The quantitative estimate of drug-likeness (QED) is 0.436. The average Bonchev–Trinajstić information content (AvgIpc) is 3.44. The van der Waals surface area contributed by atoms with Crippen LogP contribution < -0.4 is 15.4 Å². The largest absolute Gasteiger partial charge is 0.496 e. The Morgan fingerprint density at radius 1 is 1.10 bits per heavy atom. The van der Waals surface area contributed by atoms with Gasteiger partial charge >= 0.3 is 0 Å². The van der Waals surface area contributed by atoms with Crippen molar-refractivity contribution in [3.05, 3.63) is 72.1 Å². The predicted molar refractivity (Wildman–Crippen MR) is 119 cm³/mol. The minimum absolute atomic E-state index is 0.108. The van der Waals surface area contributed by atoms with Crippen molar-refractivity contribution in [2.24, 2.45) is 4.99 Å². The Morgan fingerprint density at radius 3 is 2.60 bits per heavy atom. The number of para-hydroxylation sites is 1. The molecule has 1 heterocycles. The predicted octanol–water partition coefficient (Wildman–Crippen LogP) is 4.14. The first kappa shape index (κ1) is 20.0. The zero-order chi connectivity index (χ0) is 20.8. The summed E-state index contributed by atoms with van der Waals surface area (Å²) >= 11 is 0. The molecular formula is C24H28N4O2. The van der Waals surface area contributed by atoms with Gasteiger partial charge in [-0.1, -0.05) is 36.4 Å². The number of guanidine groups is 1. The van der Waals surface area contributed by atoms with Gasteiger partial charge in [0.25, 0.3) is 0 Å². The molecule has 6 heteroatoms. The molecule has 0 bridgehead atoms. The molecule has 2 aromatic carbocycles. The van der Waals surface area contributed by atoms with Crippen LogP contribution in [-0.4, -0.2) is 31.1 Å². The molecule has 1 aliphatic carbocycles. The van der Waals surface area contributed by atoms with Gasteiger partial charge in [-0.15, -0.1) is 0 Å². The lowest BCUT2D eigenvalue weighted by Crippen LogP contribution is -2.41. The van der Waals surface area contributed by atoms with Crippen molar-refractivity contribution in [3.63, 3.8) is 0 Å². The molecule has 156 valence electrons. The maximum absolute atomic E-state index is 5.62. The number of ether oxygens (including phenoxy) is 1. The zero-order valence-corrected chi connectivity index (χ0v) is 17.5. The van der Waals surface area contributed by atoms with Crippen LogP contribution in [0.2, 0.25) is 0 Å². The van der Waals surface area contributed by atoms with E-state index in [-0.39, 0.29) is 5.41 Å². The van der Waals surface area contributed by atoms with E-state index in [1.165, 1.54) is 5.56 Å². The van der Waals surface area contributed by atoms with E-state index in [0.717, 1.165) is 48.9 Å². The van der Waals surface area contributed by atoms with Crippen LogP contribution in [0.3, 0.4) is 0 Å². The van der Waals surface area contributed by atoms with E-state index in [1.807, 2.05) is 42.5 Å². The number of aromatic nitrogens is 1. The van der Waals surface area contributed by atoms with E-state index in [4.69, 9.17) is 14.1 Å². The summed E-state index contributed by atoms with van der Waals surface area (Å²) < 4.78 is 11.2. The van der Waals surface area contributed by atoms with Crippen LogP contribution in [0.15, 0.2) is 70.3 Å². The molecule has 0 saturated heterocycles. The zero-order valence-electron chi connectivity index (χ0n) is 17.5. The van der Waals surface area contributed by atoms with E-state index < -0.39 is 0 Å². The van der Waals surface area contributed by atoms with E-state index in [2.05, 4.69) is 34.7 Å². The van der Waals surface area contributed by atoms with Crippen LogP contribution in [0, 0.1) is 0 Å². The number of oxazole rings is 1. The Kier molecular flexibility index (Phi) is 6.02. The van der Waals surface area contributed by atoms with Crippen molar-refractivity contribution in [1.82, 2.24) is 15.6 Å². The van der Waals surface area contributed by atoms with E-state index in [9.17, 15) is 0 Å². The number of rotatable bonds is 8. The number of aliphatic imine (C=N–C) groups is 1. The van der Waals surface area contributed by atoms with Crippen LogP contribution >= 0.6 is 0 Å². The normalized spacial score (nSPS) is 14.9. The number of nitrogens with one attached hydrogen (secondary N) is 2. The first-order chi connectivity index (χ1) is 14.7. The second-order valence-corrected chi connectivity index (χ2v) is 7.54. The van der Waals surface area contributed by atoms with Gasteiger partial charge in [0, 0.05) is 29.6 Å². The fraction of sp³-hybridized carbons (Fsp3) is 0.333. The van der Waals surface area contributed by atoms with Gasteiger partial charge in [0.2, 0.25) is 5.89 Å². The van der Waals surface area contributed by atoms with Gasteiger partial charge in [-0.2, -0.15) is 0 Å². The van der Waals surface area contributed by atoms with Gasteiger partial charge in [-0.25, -0.2) is 9.98 Å². The van der Waals surface area contributed by atoms with Gasteiger partial charge < -0.3 is 19.8 Å². The molecule has 2 N–H and O–H groups in total. The Balaban J connectivity index is 1.42. The van der Waals surface area contributed by atoms with Gasteiger partial charge in [-0.05, 0) is 38.0 Å². The van der Waals surface area contributed by atoms with Crippen molar-refractivity contribution < 1.29 is 9.15 Å². The summed E-state index contributed by atoms with van der Waals surface area (Å²) in [5, 5.41) is 6.83. The van der Waals surface area contributed by atoms with Gasteiger partial charge in [0.1, 0.15) is 17.7 Å². The highest BCUT2D eigenvalue weighted by Crippen LogP contribution is 2.50. The molecule has 1 saturated carbocycles. The number of hydrogen-bond acceptors (Lipinski definition) is 4. The molecule has 3 aromatic rings. The molecule has 0 unspecified atom stereocenters. The molecule has 0 spiro atoms. The van der Waals surface area contributed by atoms with Crippen molar-refractivity contribution in [1.29, 1.82) is 0 Å². The highest BCUT2D eigenvalue weighted by atomic mass is 16.5. The Hall–Kier alpha value is -3.28. The standard InChI is InChI=1S/C24H28N4O2/c1-3-25-23(26-15-19-16-30-22(28-19)18-9-5-4-6-10-18)27-17-24(13-14-24)20-11-7-8-12-21(20)29-2/h4-12,16H,3,13-15,17H2,1-2H3,(H2,25,26,27). The lowest BCUT2D eigenvalue weighted by atomic mass is 9.95. The van der Waals surface area contributed by atoms with E-state index in [1.54, 1.807) is 13.4 Å². The van der Waals surface area contributed by atoms with Crippen molar-refractivity contribution in [2.45, 2.75) is 31.7 Å². The van der Waals surface area contributed by atoms with E-state index in [0.29, 0.717) is 12.4 Å². The summed E-state index contributed by atoms with van der Waals surface area (Å²) in [5.74, 6) is 2.35. The minimum atomic E-state index is 0.108. The highest BCUT2D eigenvalue weighted by molar-refractivity contribution is 5.80. The van der Waals surface area contributed by atoms with Crippen LogP contribution in [-0.2, 0) is 12.0 Å². The first-order valence-electron chi connectivity index (χ1n) is 10.4. The highest BCUT2D eigenvalue weighted by Gasteiger charge is 2.46. The third kappa shape index (κ3) is 4.48. The topological polar surface area (TPSA) is 71.7 Å². The minimum Gasteiger partial charge on any atom is -0.496 e. The monoisotopic (exact) mass is 404 g/mol. The molecule has 4 rings (SSSR count). The summed E-state index contributed by atoms with van der Waals surface area (Å²) in [5.41, 5.74) is 3.14. The molecule has 0 atom stereocenters. The first-order valence-corrected chi connectivity index (χ1v) is 10.4. The molecule has 1 fully saturated rings. The van der Waals surface area contributed by atoms with Gasteiger partial charge in [0.15, 0.2) is 5.96 Å². The third-order valence-corrected chi connectivity index (χ3v) is 5.44. The van der Waals surface area contributed by atoms with Crippen molar-refractivity contribution in [2.75, 3.05) is 20.2 Å². The molecule has 0 aliphatic heterocycles.